The van der Waals surface area contributed by atoms with E-state index in [4.69, 9.17) is 0 Å². The van der Waals surface area contributed by atoms with Crippen LogP contribution in [-0.4, -0.2) is 53.5 Å². The monoisotopic (exact) mass is 311 g/mol. The zero-order valence-electron chi connectivity index (χ0n) is 14.5. The van der Waals surface area contributed by atoms with Gasteiger partial charge in [0.25, 0.3) is 5.91 Å². The molecule has 0 radical (unpaired) electrons. The molecule has 0 bridgehead atoms. The Balaban J connectivity index is 1.93. The van der Waals surface area contributed by atoms with E-state index in [9.17, 15) is 4.79 Å². The van der Waals surface area contributed by atoms with Gasteiger partial charge in [0.1, 0.15) is 0 Å². The predicted molar refractivity (Wildman–Crippen MR) is 93.4 cm³/mol. The maximum absolute atomic E-state index is 12.9. The molecule has 4 nitrogen and oxygen atoms in total. The molecule has 1 aliphatic heterocycles. The van der Waals surface area contributed by atoms with Gasteiger partial charge >= 0.3 is 0 Å². The van der Waals surface area contributed by atoms with Crippen molar-refractivity contribution in [3.05, 3.63) is 52.8 Å². The highest BCUT2D eigenvalue weighted by Gasteiger charge is 2.24. The molecule has 1 saturated heterocycles. The Labute approximate surface area is 138 Å². The Morgan fingerprint density at radius 1 is 1.00 bits per heavy atom. The van der Waals surface area contributed by atoms with E-state index in [0.717, 1.165) is 48.8 Å². The minimum Gasteiger partial charge on any atom is -0.336 e. The van der Waals surface area contributed by atoms with Crippen molar-refractivity contribution in [2.45, 2.75) is 20.8 Å². The van der Waals surface area contributed by atoms with Gasteiger partial charge in [0.05, 0.1) is 5.56 Å². The van der Waals surface area contributed by atoms with Crippen molar-refractivity contribution < 1.29 is 4.79 Å². The molecule has 1 aromatic carbocycles. The number of hydrogen-bond acceptors (Lipinski definition) is 2. The number of hydrogen-bond donors (Lipinski definition) is 0. The van der Waals surface area contributed by atoms with E-state index in [1.54, 1.807) is 0 Å². The number of piperazine rings is 1. The van der Waals surface area contributed by atoms with Gasteiger partial charge in [-0.1, -0.05) is 12.1 Å². The first-order chi connectivity index (χ1) is 11.0. The molecule has 122 valence electrons. The number of benzene rings is 1. The summed E-state index contributed by atoms with van der Waals surface area (Å²) in [7, 11) is 2.10. The molecule has 1 aromatic heterocycles. The van der Waals surface area contributed by atoms with E-state index < -0.39 is 0 Å². The predicted octanol–water partition coefficient (Wildman–Crippen LogP) is 2.79. The molecule has 1 aliphatic rings. The summed E-state index contributed by atoms with van der Waals surface area (Å²) < 4.78 is 2.18. The third-order valence-corrected chi connectivity index (χ3v) is 4.71. The van der Waals surface area contributed by atoms with E-state index >= 15 is 0 Å². The summed E-state index contributed by atoms with van der Waals surface area (Å²) in [6.45, 7) is 9.71. The van der Waals surface area contributed by atoms with Crippen LogP contribution in [0.5, 0.6) is 0 Å². The van der Waals surface area contributed by atoms with Crippen LogP contribution in [0.25, 0.3) is 5.69 Å². The van der Waals surface area contributed by atoms with Crippen LogP contribution in [0, 0.1) is 20.8 Å². The Morgan fingerprint density at radius 2 is 1.70 bits per heavy atom. The molecule has 1 amide bonds. The van der Waals surface area contributed by atoms with Gasteiger partial charge in [0.2, 0.25) is 0 Å². The Hall–Kier alpha value is -2.07. The van der Waals surface area contributed by atoms with Crippen molar-refractivity contribution in [1.29, 1.82) is 0 Å². The summed E-state index contributed by atoms with van der Waals surface area (Å²) in [6, 6.07) is 10.4. The zero-order valence-corrected chi connectivity index (χ0v) is 14.5. The first-order valence-electron chi connectivity index (χ1n) is 8.21. The van der Waals surface area contributed by atoms with Crippen molar-refractivity contribution >= 4 is 5.91 Å². The molecule has 1 fully saturated rings. The Kier molecular flexibility index (Phi) is 4.26. The van der Waals surface area contributed by atoms with Crippen molar-refractivity contribution in [2.75, 3.05) is 33.2 Å². The summed E-state index contributed by atoms with van der Waals surface area (Å²) in [5.74, 6) is 0.158. The number of carbonyl (C=O) groups is 1. The number of rotatable bonds is 2. The van der Waals surface area contributed by atoms with Crippen LogP contribution >= 0.6 is 0 Å². The molecule has 23 heavy (non-hydrogen) atoms. The Bertz CT molecular complexity index is 724. The molecule has 0 unspecified atom stereocenters. The van der Waals surface area contributed by atoms with E-state index in [2.05, 4.69) is 54.6 Å². The van der Waals surface area contributed by atoms with Crippen molar-refractivity contribution in [3.8, 4) is 5.69 Å². The number of aryl methyl sites for hydroxylation is 2. The lowest BCUT2D eigenvalue weighted by Gasteiger charge is -2.32. The summed E-state index contributed by atoms with van der Waals surface area (Å²) in [5, 5.41) is 0. The molecule has 0 aliphatic carbocycles. The molecule has 4 heteroatoms. The summed E-state index contributed by atoms with van der Waals surface area (Å²) >= 11 is 0. The summed E-state index contributed by atoms with van der Waals surface area (Å²) in [5.41, 5.74) is 5.30. The fraction of sp³-hybridized carbons (Fsp3) is 0.421. The van der Waals surface area contributed by atoms with Gasteiger partial charge in [-0.3, -0.25) is 4.79 Å². The van der Waals surface area contributed by atoms with Crippen LogP contribution in [0.3, 0.4) is 0 Å². The van der Waals surface area contributed by atoms with E-state index in [0.29, 0.717) is 0 Å². The molecule has 3 rings (SSSR count). The summed E-state index contributed by atoms with van der Waals surface area (Å²) in [6.07, 6.45) is 0. The fourth-order valence-electron chi connectivity index (χ4n) is 3.32. The van der Waals surface area contributed by atoms with E-state index in [1.165, 1.54) is 5.56 Å². The summed E-state index contributed by atoms with van der Waals surface area (Å²) in [4.78, 5) is 17.1. The topological polar surface area (TPSA) is 28.5 Å². The molecule has 0 spiro atoms. The quantitative estimate of drug-likeness (QED) is 0.853. The largest absolute Gasteiger partial charge is 0.336 e. The molecule has 0 N–H and O–H groups in total. The average Bonchev–Trinajstić information content (AvgIpc) is 2.82. The number of carbonyl (C=O) groups excluding carboxylic acids is 1. The first kappa shape index (κ1) is 15.8. The van der Waals surface area contributed by atoms with Gasteiger partial charge in [-0.05, 0) is 51.6 Å². The number of amides is 1. The Morgan fingerprint density at radius 3 is 2.35 bits per heavy atom. The van der Waals surface area contributed by atoms with Gasteiger partial charge in [-0.15, -0.1) is 0 Å². The molecule has 0 atom stereocenters. The van der Waals surface area contributed by atoms with Gasteiger partial charge in [0, 0.05) is 43.3 Å². The SMILES string of the molecule is Cc1cccc(-n2c(C)cc(C(=O)N3CCN(C)CC3)c2C)c1. The average molecular weight is 311 g/mol. The smallest absolute Gasteiger partial charge is 0.255 e. The van der Waals surface area contributed by atoms with Gasteiger partial charge < -0.3 is 14.4 Å². The highest BCUT2D eigenvalue weighted by atomic mass is 16.2. The van der Waals surface area contributed by atoms with Crippen LogP contribution < -0.4 is 0 Å². The lowest BCUT2D eigenvalue weighted by atomic mass is 10.2. The molecular formula is C19H25N3O. The van der Waals surface area contributed by atoms with E-state index in [1.807, 2.05) is 17.9 Å². The third-order valence-electron chi connectivity index (χ3n) is 4.71. The minimum atomic E-state index is 0.158. The minimum absolute atomic E-state index is 0.158. The molecule has 2 aromatic rings. The van der Waals surface area contributed by atoms with Crippen molar-refractivity contribution in [3.63, 3.8) is 0 Å². The lowest BCUT2D eigenvalue weighted by Crippen LogP contribution is -2.47. The molecular weight excluding hydrogens is 286 g/mol. The first-order valence-corrected chi connectivity index (χ1v) is 8.21. The number of nitrogens with zero attached hydrogens (tertiary/aromatic N) is 3. The number of aromatic nitrogens is 1. The fourth-order valence-corrected chi connectivity index (χ4v) is 3.32. The van der Waals surface area contributed by atoms with Crippen LogP contribution in [-0.2, 0) is 0 Å². The maximum Gasteiger partial charge on any atom is 0.255 e. The standard InChI is InChI=1S/C19H25N3O/c1-14-6-5-7-17(12-14)22-15(2)13-18(16(22)3)19(23)21-10-8-20(4)9-11-21/h5-7,12-13H,8-11H2,1-4H3. The zero-order chi connectivity index (χ0) is 16.6. The second-order valence-electron chi connectivity index (χ2n) is 6.55. The van der Waals surface area contributed by atoms with Crippen LogP contribution in [0.4, 0.5) is 0 Å². The van der Waals surface area contributed by atoms with Gasteiger partial charge in [-0.25, -0.2) is 0 Å². The number of likely N-dealkylation sites (N-methyl/N-ethyl adjacent to an activating group) is 1. The second kappa shape index (κ2) is 6.20. The van der Waals surface area contributed by atoms with Crippen LogP contribution in [0.15, 0.2) is 30.3 Å². The van der Waals surface area contributed by atoms with Gasteiger partial charge in [0.15, 0.2) is 0 Å². The van der Waals surface area contributed by atoms with Crippen molar-refractivity contribution in [1.82, 2.24) is 14.4 Å². The van der Waals surface area contributed by atoms with Gasteiger partial charge in [-0.2, -0.15) is 0 Å². The highest BCUT2D eigenvalue weighted by molar-refractivity contribution is 5.96. The van der Waals surface area contributed by atoms with Crippen LogP contribution in [0.2, 0.25) is 0 Å². The lowest BCUT2D eigenvalue weighted by molar-refractivity contribution is 0.0663. The van der Waals surface area contributed by atoms with E-state index in [-0.39, 0.29) is 5.91 Å². The maximum atomic E-state index is 12.9. The molecule has 0 saturated carbocycles. The highest BCUT2D eigenvalue weighted by Crippen LogP contribution is 2.23. The second-order valence-corrected chi connectivity index (χ2v) is 6.55. The molecule has 2 heterocycles. The van der Waals surface area contributed by atoms with Crippen LogP contribution in [0.1, 0.15) is 27.3 Å². The van der Waals surface area contributed by atoms with Crippen molar-refractivity contribution in [2.24, 2.45) is 0 Å². The normalized spacial score (nSPS) is 15.9. The third kappa shape index (κ3) is 3.04.